The monoisotopic (exact) mass is 392 g/mol. The molecule has 0 saturated carbocycles. The van der Waals surface area contributed by atoms with Gasteiger partial charge < -0.3 is 9.80 Å². The molecule has 2 aromatic heterocycles. The smallest absolute Gasteiger partial charge is 0.225 e. The van der Waals surface area contributed by atoms with Crippen molar-refractivity contribution in [2.24, 2.45) is 5.92 Å². The summed E-state index contributed by atoms with van der Waals surface area (Å²) in [6.45, 7) is 11.0. The Balaban J connectivity index is 1.68. The highest BCUT2D eigenvalue weighted by Crippen LogP contribution is 2.27. The summed E-state index contributed by atoms with van der Waals surface area (Å²) in [5.74, 6) is 1.88. The number of hydrogen-bond donors (Lipinski definition) is 0. The van der Waals surface area contributed by atoms with Crippen LogP contribution in [0.15, 0.2) is 30.5 Å². The minimum absolute atomic E-state index is 0.0299. The number of aryl methyl sites for hydroxylation is 2. The van der Waals surface area contributed by atoms with Crippen molar-refractivity contribution in [1.82, 2.24) is 24.6 Å². The summed E-state index contributed by atoms with van der Waals surface area (Å²) in [4.78, 5) is 26.1. The molecule has 0 aliphatic carbocycles. The van der Waals surface area contributed by atoms with E-state index in [0.29, 0.717) is 6.54 Å². The first kappa shape index (κ1) is 19.4. The Morgan fingerprint density at radius 3 is 2.48 bits per heavy atom. The van der Waals surface area contributed by atoms with Gasteiger partial charge in [-0.3, -0.25) is 4.79 Å². The Kier molecular flexibility index (Phi) is 5.22. The molecule has 0 spiro atoms. The molecule has 0 bridgehead atoms. The number of fused-ring (bicyclic) bond motifs is 1. The second kappa shape index (κ2) is 7.81. The quantitative estimate of drug-likeness (QED) is 0.685. The molecule has 0 radical (unpaired) electrons. The van der Waals surface area contributed by atoms with Crippen LogP contribution in [-0.4, -0.2) is 56.7 Å². The van der Waals surface area contributed by atoms with Gasteiger partial charge >= 0.3 is 0 Å². The Bertz CT molecular complexity index is 1020. The first-order valence-electron chi connectivity index (χ1n) is 10.3. The second-order valence-corrected chi connectivity index (χ2v) is 8.04. The summed E-state index contributed by atoms with van der Waals surface area (Å²) in [6, 6.07) is 8.26. The van der Waals surface area contributed by atoms with Crippen molar-refractivity contribution in [3.63, 3.8) is 0 Å². The molecule has 7 nitrogen and oxygen atoms in total. The molecule has 1 aliphatic heterocycles. The van der Waals surface area contributed by atoms with Gasteiger partial charge in [0, 0.05) is 32.1 Å². The van der Waals surface area contributed by atoms with Gasteiger partial charge in [-0.25, -0.2) is 14.6 Å². The van der Waals surface area contributed by atoms with E-state index >= 15 is 0 Å². The molecule has 0 unspecified atom stereocenters. The zero-order valence-corrected chi connectivity index (χ0v) is 17.6. The van der Waals surface area contributed by atoms with E-state index in [1.54, 1.807) is 0 Å². The molecule has 1 aliphatic rings. The molecule has 0 atom stereocenters. The second-order valence-electron chi connectivity index (χ2n) is 8.04. The normalized spacial score (nSPS) is 15.2. The Morgan fingerprint density at radius 1 is 1.00 bits per heavy atom. The fraction of sp³-hybridized carbons (Fsp3) is 0.455. The number of aromatic nitrogens is 4. The van der Waals surface area contributed by atoms with E-state index in [-0.39, 0.29) is 11.8 Å². The molecule has 3 aromatic rings. The zero-order valence-electron chi connectivity index (χ0n) is 17.6. The van der Waals surface area contributed by atoms with Crippen molar-refractivity contribution < 1.29 is 4.79 Å². The Hall–Kier alpha value is -2.96. The maximum Gasteiger partial charge on any atom is 0.225 e. The molecule has 1 aromatic carbocycles. The topological polar surface area (TPSA) is 67.2 Å². The fourth-order valence-electron chi connectivity index (χ4n) is 3.83. The van der Waals surface area contributed by atoms with Crippen LogP contribution < -0.4 is 4.90 Å². The molecule has 0 N–H and O–H groups in total. The van der Waals surface area contributed by atoms with Gasteiger partial charge in [-0.05, 0) is 32.4 Å². The first-order valence-corrected chi connectivity index (χ1v) is 10.3. The van der Waals surface area contributed by atoms with Gasteiger partial charge in [0.15, 0.2) is 5.65 Å². The van der Waals surface area contributed by atoms with Crippen molar-refractivity contribution in [1.29, 1.82) is 0 Å². The SMILES string of the molecule is Cc1ccc(-n2ncc3c(N4CCCN(C(=O)C(C)C)CC4)nc(C)nc32)cc1. The molecule has 152 valence electrons. The predicted octanol–water partition coefficient (Wildman–Crippen LogP) is 3.13. The molecule has 1 fully saturated rings. The largest absolute Gasteiger partial charge is 0.354 e. The molecule has 29 heavy (non-hydrogen) atoms. The van der Waals surface area contributed by atoms with Crippen LogP contribution in [0.3, 0.4) is 0 Å². The van der Waals surface area contributed by atoms with Crippen LogP contribution in [0.25, 0.3) is 16.7 Å². The van der Waals surface area contributed by atoms with Crippen molar-refractivity contribution in [3.05, 3.63) is 41.9 Å². The first-order chi connectivity index (χ1) is 13.9. The van der Waals surface area contributed by atoms with Gasteiger partial charge in [-0.15, -0.1) is 0 Å². The maximum atomic E-state index is 12.4. The van der Waals surface area contributed by atoms with Crippen LogP contribution in [-0.2, 0) is 4.79 Å². The van der Waals surface area contributed by atoms with Crippen LogP contribution in [0.1, 0.15) is 31.7 Å². The number of nitrogens with zero attached hydrogens (tertiary/aromatic N) is 6. The Morgan fingerprint density at radius 2 is 1.76 bits per heavy atom. The number of carbonyl (C=O) groups excluding carboxylic acids is 1. The van der Waals surface area contributed by atoms with E-state index in [0.717, 1.165) is 54.4 Å². The van der Waals surface area contributed by atoms with E-state index in [9.17, 15) is 4.79 Å². The van der Waals surface area contributed by atoms with Gasteiger partial charge in [0.1, 0.15) is 11.6 Å². The summed E-state index contributed by atoms with van der Waals surface area (Å²) in [6.07, 6.45) is 2.78. The van der Waals surface area contributed by atoms with E-state index in [1.165, 1.54) is 5.56 Å². The molecule has 7 heteroatoms. The lowest BCUT2D eigenvalue weighted by molar-refractivity contribution is -0.134. The van der Waals surface area contributed by atoms with Crippen LogP contribution in [0.2, 0.25) is 0 Å². The van der Waals surface area contributed by atoms with Crippen molar-refractivity contribution in [2.45, 2.75) is 34.1 Å². The summed E-state index contributed by atoms with van der Waals surface area (Å²) in [7, 11) is 0. The zero-order chi connectivity index (χ0) is 20.5. The highest BCUT2D eigenvalue weighted by molar-refractivity contribution is 5.88. The highest BCUT2D eigenvalue weighted by Gasteiger charge is 2.24. The third-order valence-corrected chi connectivity index (χ3v) is 5.40. The maximum absolute atomic E-state index is 12.4. The summed E-state index contributed by atoms with van der Waals surface area (Å²) >= 11 is 0. The van der Waals surface area contributed by atoms with Crippen LogP contribution in [0.4, 0.5) is 5.82 Å². The van der Waals surface area contributed by atoms with E-state index in [1.807, 2.05) is 36.5 Å². The van der Waals surface area contributed by atoms with Gasteiger partial charge in [0.2, 0.25) is 5.91 Å². The number of amides is 1. The van der Waals surface area contributed by atoms with Gasteiger partial charge in [0.05, 0.1) is 17.3 Å². The van der Waals surface area contributed by atoms with Crippen molar-refractivity contribution in [2.75, 3.05) is 31.1 Å². The highest BCUT2D eigenvalue weighted by atomic mass is 16.2. The molecule has 1 amide bonds. The standard InChI is InChI=1S/C22H28N6O/c1-15(2)22(29)27-11-5-10-26(12-13-27)20-19-14-23-28(21(19)25-17(4)24-20)18-8-6-16(3)7-9-18/h6-9,14-15H,5,10-13H2,1-4H3. The number of rotatable bonds is 3. The predicted molar refractivity (Wildman–Crippen MR) is 114 cm³/mol. The summed E-state index contributed by atoms with van der Waals surface area (Å²) in [5, 5.41) is 5.55. The summed E-state index contributed by atoms with van der Waals surface area (Å²) < 4.78 is 1.87. The lowest BCUT2D eigenvalue weighted by Gasteiger charge is -2.24. The van der Waals surface area contributed by atoms with Gasteiger partial charge in [-0.2, -0.15) is 5.10 Å². The Labute approximate surface area is 171 Å². The average Bonchev–Trinajstić information content (AvgIpc) is 2.96. The lowest BCUT2D eigenvalue weighted by atomic mass is 10.2. The van der Waals surface area contributed by atoms with E-state index in [2.05, 4.69) is 46.2 Å². The number of carbonyl (C=O) groups is 1. The third kappa shape index (κ3) is 3.81. The van der Waals surface area contributed by atoms with E-state index in [4.69, 9.17) is 4.98 Å². The van der Waals surface area contributed by atoms with Gasteiger partial charge in [-0.1, -0.05) is 31.5 Å². The third-order valence-electron chi connectivity index (χ3n) is 5.40. The lowest BCUT2D eigenvalue weighted by Crippen LogP contribution is -2.37. The molecule has 3 heterocycles. The average molecular weight is 393 g/mol. The van der Waals surface area contributed by atoms with Crippen molar-refractivity contribution in [3.8, 4) is 5.69 Å². The number of anilines is 1. The number of benzene rings is 1. The van der Waals surface area contributed by atoms with Crippen LogP contribution in [0.5, 0.6) is 0 Å². The summed E-state index contributed by atoms with van der Waals surface area (Å²) in [5.41, 5.74) is 3.01. The minimum Gasteiger partial charge on any atom is -0.354 e. The van der Waals surface area contributed by atoms with Crippen molar-refractivity contribution >= 4 is 22.8 Å². The molecular formula is C22H28N6O. The van der Waals surface area contributed by atoms with Crippen LogP contribution >= 0.6 is 0 Å². The number of hydrogen-bond acceptors (Lipinski definition) is 5. The molecular weight excluding hydrogens is 364 g/mol. The van der Waals surface area contributed by atoms with Gasteiger partial charge in [0.25, 0.3) is 0 Å². The van der Waals surface area contributed by atoms with E-state index < -0.39 is 0 Å². The molecule has 4 rings (SSSR count). The molecule has 1 saturated heterocycles. The van der Waals surface area contributed by atoms with Crippen LogP contribution in [0, 0.1) is 19.8 Å². The minimum atomic E-state index is 0.0299. The fourth-order valence-corrected chi connectivity index (χ4v) is 3.83.